The van der Waals surface area contributed by atoms with Crippen LogP contribution in [0, 0.1) is 0 Å². The van der Waals surface area contributed by atoms with Crippen molar-refractivity contribution in [1.82, 2.24) is 0 Å². The molecule has 7 heavy (non-hydrogen) atoms. The third-order valence-electron chi connectivity index (χ3n) is 0.681. The Morgan fingerprint density at radius 3 is 1.57 bits per heavy atom. The predicted octanol–water partition coefficient (Wildman–Crippen LogP) is -3.30. The molecule has 0 aromatic carbocycles. The summed E-state index contributed by atoms with van der Waals surface area (Å²) in [5, 5.41) is 0. The maximum Gasteiger partial charge on any atom is 0.207 e. The molecule has 44 valence electrons. The molecule has 0 bridgehead atoms. The molecule has 0 aliphatic rings. The lowest BCUT2D eigenvalue weighted by Gasteiger charge is -2.09. The molecule has 0 radical (unpaired) electrons. The van der Waals surface area contributed by atoms with Gasteiger partial charge in [0.25, 0.3) is 0 Å². The quantitative estimate of drug-likeness (QED) is 0.365. The predicted molar refractivity (Wildman–Crippen MR) is 35.4 cm³/mol. The maximum atomic E-state index is 8.89. The molecule has 0 unspecified atom stereocenters. The Bertz CT molecular complexity index is 48.1. The van der Waals surface area contributed by atoms with E-state index in [1.807, 2.05) is 0 Å². The molecule has 3 nitrogen and oxygen atoms in total. The van der Waals surface area contributed by atoms with Gasteiger partial charge < -0.3 is 14.4 Å². The first-order valence-corrected chi connectivity index (χ1v) is 10.4. The van der Waals surface area contributed by atoms with Gasteiger partial charge in [-0.1, -0.05) is 0 Å². The van der Waals surface area contributed by atoms with Gasteiger partial charge in [-0.05, 0) is 6.55 Å². The first-order chi connectivity index (χ1) is 3.12. The molecule has 6 heteroatoms. The van der Waals surface area contributed by atoms with E-state index in [0.29, 0.717) is 0 Å². The summed E-state index contributed by atoms with van der Waals surface area (Å²) in [5.74, 6) is 0. The van der Waals surface area contributed by atoms with Crippen LogP contribution in [0.1, 0.15) is 0 Å². The summed E-state index contributed by atoms with van der Waals surface area (Å²) >= 11 is 0. The van der Waals surface area contributed by atoms with Crippen LogP contribution in [-0.4, -0.2) is 40.3 Å². The van der Waals surface area contributed by atoms with E-state index >= 15 is 0 Å². The van der Waals surface area contributed by atoms with Crippen LogP contribution in [-0.2, 0) is 0 Å². The Morgan fingerprint density at radius 1 is 1.29 bits per heavy atom. The van der Waals surface area contributed by atoms with Crippen molar-refractivity contribution in [3.8, 4) is 0 Å². The third-order valence-corrected chi connectivity index (χ3v) is 10.2. The fourth-order valence-electron chi connectivity index (χ4n) is 0.0500. The van der Waals surface area contributed by atoms with Crippen LogP contribution in [0.15, 0.2) is 0 Å². The molecular formula is CH10O3Si3. The van der Waals surface area contributed by atoms with Crippen LogP contribution in [0.4, 0.5) is 0 Å². The first-order valence-electron chi connectivity index (χ1n) is 2.06. The van der Waals surface area contributed by atoms with Crippen molar-refractivity contribution >= 4 is 25.9 Å². The van der Waals surface area contributed by atoms with Gasteiger partial charge >= 0.3 is 0 Å². The molecule has 0 aromatic rings. The topological polar surface area (TPSA) is 60.7 Å². The Morgan fingerprint density at radius 2 is 1.57 bits per heavy atom. The molecule has 0 fully saturated rings. The summed E-state index contributed by atoms with van der Waals surface area (Å²) < 4.78 is 0. The first kappa shape index (κ1) is 7.53. The zero-order valence-corrected chi connectivity index (χ0v) is 8.08. The van der Waals surface area contributed by atoms with E-state index in [9.17, 15) is 0 Å². The van der Waals surface area contributed by atoms with Crippen LogP contribution < -0.4 is 0 Å². The van der Waals surface area contributed by atoms with Crippen molar-refractivity contribution < 1.29 is 14.4 Å². The minimum atomic E-state index is -2.26. The fourth-order valence-corrected chi connectivity index (χ4v) is 1.35. The zero-order valence-electron chi connectivity index (χ0n) is 4.26. The highest BCUT2D eigenvalue weighted by Crippen LogP contribution is 1.85. The average Bonchev–Trinajstić information content (AvgIpc) is 1.68. The Balaban J connectivity index is 3.36. The van der Waals surface area contributed by atoms with Crippen molar-refractivity contribution in [3.05, 3.63) is 0 Å². The van der Waals surface area contributed by atoms with Crippen molar-refractivity contribution in [1.29, 1.82) is 0 Å². The fraction of sp³-hybridized carbons (Fsp3) is 1.00. The second kappa shape index (κ2) is 2.75. The van der Waals surface area contributed by atoms with Gasteiger partial charge in [-0.15, -0.1) is 0 Å². The highest BCUT2D eigenvalue weighted by Gasteiger charge is 2.22. The van der Waals surface area contributed by atoms with Crippen LogP contribution >= 0.6 is 0 Å². The van der Waals surface area contributed by atoms with Crippen molar-refractivity contribution in [2.75, 3.05) is 0 Å². The van der Waals surface area contributed by atoms with Crippen molar-refractivity contribution in [2.24, 2.45) is 0 Å². The molecule has 0 saturated carbocycles. The summed E-state index contributed by atoms with van der Waals surface area (Å²) in [6.45, 7) is 1.62. The van der Waals surface area contributed by atoms with E-state index in [4.69, 9.17) is 14.4 Å². The third kappa shape index (κ3) is 3.14. The molecule has 0 spiro atoms. The summed E-state index contributed by atoms with van der Waals surface area (Å²) in [5.41, 5.74) is 0. The molecule has 3 N–H and O–H groups in total. The Labute approximate surface area is 47.6 Å². The molecule has 0 aliphatic heterocycles. The van der Waals surface area contributed by atoms with Gasteiger partial charge in [0.15, 0.2) is 18.6 Å². The van der Waals surface area contributed by atoms with E-state index in [1.54, 1.807) is 6.55 Å². The average molecular weight is 154 g/mol. The second-order valence-corrected chi connectivity index (χ2v) is 19.5. The van der Waals surface area contributed by atoms with Gasteiger partial charge in [-0.3, -0.25) is 0 Å². The maximum absolute atomic E-state index is 8.89. The lowest BCUT2D eigenvalue weighted by molar-refractivity contribution is 0.541. The highest BCUT2D eigenvalue weighted by atomic mass is 29.6. The molecular weight excluding hydrogens is 144 g/mol. The summed E-state index contributed by atoms with van der Waals surface area (Å²) in [7, 11) is -4.77. The van der Waals surface area contributed by atoms with Crippen LogP contribution in [0.5, 0.6) is 0 Å². The Kier molecular flexibility index (Phi) is 2.95. The van der Waals surface area contributed by atoms with E-state index in [-0.39, 0.29) is 0 Å². The Hall–Kier alpha value is 0.531. The van der Waals surface area contributed by atoms with Gasteiger partial charge in [0.2, 0.25) is 7.35 Å². The minimum Gasteiger partial charge on any atom is -0.439 e. The number of hydrogen-bond acceptors (Lipinski definition) is 3. The molecule has 0 aromatic heterocycles. The number of rotatable bonds is 2. The van der Waals surface area contributed by atoms with Crippen molar-refractivity contribution in [2.45, 2.75) is 6.55 Å². The number of hydrogen-bond donors (Lipinski definition) is 3. The van der Waals surface area contributed by atoms with Gasteiger partial charge in [-0.25, -0.2) is 0 Å². The van der Waals surface area contributed by atoms with Gasteiger partial charge in [-0.2, -0.15) is 0 Å². The molecule has 0 atom stereocenters. The summed E-state index contributed by atoms with van der Waals surface area (Å²) in [6, 6.07) is 0. The van der Waals surface area contributed by atoms with E-state index < -0.39 is 25.9 Å². The monoisotopic (exact) mass is 154 g/mol. The zero-order chi connectivity index (χ0) is 5.91. The highest BCUT2D eigenvalue weighted by molar-refractivity contribution is 7.43. The van der Waals surface area contributed by atoms with Crippen LogP contribution in [0.2, 0.25) is 6.55 Å². The van der Waals surface area contributed by atoms with E-state index in [2.05, 4.69) is 0 Å². The molecule has 0 heterocycles. The minimum absolute atomic E-state index is 1.25. The lowest BCUT2D eigenvalue weighted by atomic mass is 11.9. The van der Waals surface area contributed by atoms with Crippen LogP contribution in [0.3, 0.4) is 0 Å². The molecule has 0 aliphatic carbocycles. The SMILES string of the molecule is C[Si](O)([SiH2]O)[SiH2]O. The molecule has 0 saturated heterocycles. The van der Waals surface area contributed by atoms with E-state index in [1.165, 1.54) is 0 Å². The molecule has 0 rings (SSSR count). The standard InChI is InChI=1S/CH10O3Si3/c1-7(4,5-2)6-3/h2-4H,5-6H2,1H3. The van der Waals surface area contributed by atoms with Crippen LogP contribution in [0.25, 0.3) is 0 Å². The summed E-state index contributed by atoms with van der Waals surface area (Å²) in [4.78, 5) is 25.7. The second-order valence-electron chi connectivity index (χ2n) is 1.81. The molecule has 0 amide bonds. The van der Waals surface area contributed by atoms with E-state index in [0.717, 1.165) is 0 Å². The lowest BCUT2D eigenvalue weighted by Crippen LogP contribution is -2.45. The van der Waals surface area contributed by atoms with Gasteiger partial charge in [0, 0.05) is 0 Å². The normalized spacial score (nSPS) is 22.3. The largest absolute Gasteiger partial charge is 0.439 e. The smallest absolute Gasteiger partial charge is 0.207 e. The van der Waals surface area contributed by atoms with Gasteiger partial charge in [0.1, 0.15) is 0 Å². The van der Waals surface area contributed by atoms with Gasteiger partial charge in [0.05, 0.1) is 0 Å². The van der Waals surface area contributed by atoms with Crippen molar-refractivity contribution in [3.63, 3.8) is 0 Å². The summed E-state index contributed by atoms with van der Waals surface area (Å²) in [6.07, 6.45) is 0.